The van der Waals surface area contributed by atoms with Crippen LogP contribution in [-0.4, -0.2) is 25.9 Å². The van der Waals surface area contributed by atoms with Crippen LogP contribution < -0.4 is 5.73 Å². The lowest BCUT2D eigenvalue weighted by Crippen LogP contribution is -2.35. The minimum Gasteiger partial charge on any atom is -0.384 e. The van der Waals surface area contributed by atoms with Crippen LogP contribution in [-0.2, 0) is 4.74 Å². The van der Waals surface area contributed by atoms with Crippen LogP contribution >= 0.6 is 0 Å². The summed E-state index contributed by atoms with van der Waals surface area (Å²) in [5.74, 6) is -0.267. The van der Waals surface area contributed by atoms with Crippen molar-refractivity contribution < 1.29 is 17.9 Å². The van der Waals surface area contributed by atoms with Gasteiger partial charge in [0.25, 0.3) is 0 Å². The summed E-state index contributed by atoms with van der Waals surface area (Å²) in [6, 6.07) is -0.870. The van der Waals surface area contributed by atoms with Crippen molar-refractivity contribution >= 4 is 0 Å². The molecule has 0 rings (SSSR count). The van der Waals surface area contributed by atoms with Gasteiger partial charge in [0.2, 0.25) is 0 Å². The van der Waals surface area contributed by atoms with E-state index in [0.29, 0.717) is 0 Å². The number of methoxy groups -OCH3 is 1. The molecular weight excluding hydrogens is 171 g/mol. The highest BCUT2D eigenvalue weighted by Crippen LogP contribution is 2.23. The van der Waals surface area contributed by atoms with E-state index in [1.54, 1.807) is 6.92 Å². The Morgan fingerprint density at radius 1 is 1.42 bits per heavy atom. The molecule has 2 nitrogen and oxygen atoms in total. The zero-order valence-electron chi connectivity index (χ0n) is 7.19. The molecule has 0 aromatic heterocycles. The van der Waals surface area contributed by atoms with Gasteiger partial charge in [0.15, 0.2) is 0 Å². The zero-order valence-corrected chi connectivity index (χ0v) is 7.19. The molecule has 0 aliphatic heterocycles. The van der Waals surface area contributed by atoms with Gasteiger partial charge >= 0.3 is 6.18 Å². The van der Waals surface area contributed by atoms with Gasteiger partial charge in [-0.15, -0.1) is 0 Å². The van der Waals surface area contributed by atoms with Crippen LogP contribution in [0.25, 0.3) is 0 Å². The van der Waals surface area contributed by atoms with Gasteiger partial charge in [0, 0.05) is 13.2 Å². The predicted octanol–water partition coefficient (Wildman–Crippen LogP) is 1.55. The molecule has 5 heteroatoms. The smallest absolute Gasteiger partial charge is 0.384 e. The predicted molar refractivity (Wildman–Crippen MR) is 39.7 cm³/mol. The summed E-state index contributed by atoms with van der Waals surface area (Å²) in [5.41, 5.74) is 5.29. The molecular formula is C7H14F3NO. The van der Waals surface area contributed by atoms with Crippen LogP contribution in [0, 0.1) is 5.92 Å². The molecule has 0 spiro atoms. The van der Waals surface area contributed by atoms with Gasteiger partial charge in [-0.25, -0.2) is 0 Å². The fourth-order valence-electron chi connectivity index (χ4n) is 0.855. The van der Waals surface area contributed by atoms with E-state index in [-0.39, 0.29) is 12.5 Å². The molecule has 2 N–H and O–H groups in total. The largest absolute Gasteiger partial charge is 0.390 e. The quantitative estimate of drug-likeness (QED) is 0.721. The second kappa shape index (κ2) is 4.67. The minimum atomic E-state index is -4.18. The first-order chi connectivity index (χ1) is 5.37. The number of rotatable bonds is 4. The molecule has 0 aromatic rings. The minimum absolute atomic E-state index is 0.261. The first-order valence-corrected chi connectivity index (χ1v) is 3.68. The lowest BCUT2D eigenvalue weighted by molar-refractivity contribution is -0.141. The summed E-state index contributed by atoms with van der Waals surface area (Å²) < 4.78 is 40.0. The van der Waals surface area contributed by atoms with Crippen molar-refractivity contribution in [2.45, 2.75) is 25.6 Å². The lowest BCUT2D eigenvalue weighted by Gasteiger charge is -2.20. The molecule has 0 aliphatic rings. The summed E-state index contributed by atoms with van der Waals surface area (Å²) in [7, 11) is 1.44. The fraction of sp³-hybridized carbons (Fsp3) is 1.00. The van der Waals surface area contributed by atoms with Crippen molar-refractivity contribution in [1.29, 1.82) is 0 Å². The highest BCUT2D eigenvalue weighted by Gasteiger charge is 2.32. The fourth-order valence-corrected chi connectivity index (χ4v) is 0.855. The van der Waals surface area contributed by atoms with Crippen LogP contribution in [0.4, 0.5) is 13.2 Å². The Hall–Kier alpha value is -0.290. The number of ether oxygens (including phenoxy) is 1. The van der Waals surface area contributed by atoms with Crippen molar-refractivity contribution in [3.05, 3.63) is 0 Å². The molecule has 0 fully saturated rings. The summed E-state index contributed by atoms with van der Waals surface area (Å²) in [6.07, 6.45) is -5.13. The second-order valence-electron chi connectivity index (χ2n) is 2.92. The van der Waals surface area contributed by atoms with E-state index >= 15 is 0 Å². The topological polar surface area (TPSA) is 35.2 Å². The van der Waals surface area contributed by atoms with E-state index < -0.39 is 18.6 Å². The molecule has 0 aromatic carbocycles. The highest BCUT2D eigenvalue weighted by atomic mass is 19.4. The first kappa shape index (κ1) is 11.7. The normalized spacial score (nSPS) is 17.5. The zero-order chi connectivity index (χ0) is 9.78. The average Bonchev–Trinajstić information content (AvgIpc) is 1.84. The van der Waals surface area contributed by atoms with Crippen molar-refractivity contribution in [1.82, 2.24) is 0 Å². The molecule has 0 aliphatic carbocycles. The molecule has 0 radical (unpaired) electrons. The van der Waals surface area contributed by atoms with E-state index in [1.807, 2.05) is 0 Å². The van der Waals surface area contributed by atoms with Crippen LogP contribution in [0.5, 0.6) is 0 Å². The number of hydrogen-bond donors (Lipinski definition) is 1. The number of nitrogens with two attached hydrogens (primary N) is 1. The first-order valence-electron chi connectivity index (χ1n) is 3.68. The number of halogens is 3. The van der Waals surface area contributed by atoms with Gasteiger partial charge < -0.3 is 10.5 Å². The molecule has 0 saturated heterocycles. The van der Waals surface area contributed by atoms with E-state index in [4.69, 9.17) is 10.5 Å². The number of hydrogen-bond acceptors (Lipinski definition) is 2. The number of alkyl halides is 3. The van der Waals surface area contributed by atoms with Crippen molar-refractivity contribution in [2.75, 3.05) is 13.7 Å². The molecule has 2 atom stereocenters. The van der Waals surface area contributed by atoms with Gasteiger partial charge in [0.1, 0.15) is 0 Å². The maximum Gasteiger partial charge on any atom is 0.390 e. The Bertz CT molecular complexity index is 126. The Labute approximate surface area is 69.9 Å². The molecule has 74 valence electrons. The van der Waals surface area contributed by atoms with E-state index in [2.05, 4.69) is 0 Å². The Morgan fingerprint density at radius 3 is 2.25 bits per heavy atom. The van der Waals surface area contributed by atoms with Gasteiger partial charge in [0.05, 0.1) is 13.0 Å². The summed E-state index contributed by atoms with van der Waals surface area (Å²) in [4.78, 5) is 0. The van der Waals surface area contributed by atoms with Crippen molar-refractivity contribution in [3.8, 4) is 0 Å². The van der Waals surface area contributed by atoms with Gasteiger partial charge in [-0.2, -0.15) is 13.2 Å². The van der Waals surface area contributed by atoms with E-state index in [0.717, 1.165) is 0 Å². The molecule has 0 heterocycles. The molecule has 0 saturated carbocycles. The van der Waals surface area contributed by atoms with Crippen LogP contribution in [0.15, 0.2) is 0 Å². The highest BCUT2D eigenvalue weighted by molar-refractivity contribution is 4.72. The molecule has 0 amide bonds. The lowest BCUT2D eigenvalue weighted by atomic mass is 10.0. The van der Waals surface area contributed by atoms with Crippen LogP contribution in [0.3, 0.4) is 0 Å². The summed E-state index contributed by atoms with van der Waals surface area (Å²) in [5, 5.41) is 0. The maximum absolute atomic E-state index is 11.8. The third kappa shape index (κ3) is 5.37. The third-order valence-electron chi connectivity index (χ3n) is 1.63. The van der Waals surface area contributed by atoms with E-state index in [1.165, 1.54) is 7.11 Å². The van der Waals surface area contributed by atoms with Crippen LogP contribution in [0.2, 0.25) is 0 Å². The monoisotopic (exact) mass is 185 g/mol. The Kier molecular flexibility index (Phi) is 4.55. The van der Waals surface area contributed by atoms with Gasteiger partial charge in [-0.05, 0) is 5.92 Å². The van der Waals surface area contributed by atoms with Crippen LogP contribution in [0.1, 0.15) is 13.3 Å². The summed E-state index contributed by atoms with van der Waals surface area (Å²) in [6.45, 7) is 1.90. The SMILES string of the molecule is COCC(C)[C@H](N)CC(F)(F)F. The Morgan fingerprint density at radius 2 is 1.92 bits per heavy atom. The molecule has 12 heavy (non-hydrogen) atoms. The van der Waals surface area contributed by atoms with E-state index in [9.17, 15) is 13.2 Å². The Balaban J connectivity index is 3.78. The molecule has 1 unspecified atom stereocenters. The average molecular weight is 185 g/mol. The second-order valence-corrected chi connectivity index (χ2v) is 2.92. The molecule has 0 bridgehead atoms. The standard InChI is InChI=1S/C7H14F3NO/c1-5(4-12-2)6(11)3-7(8,9)10/h5-6H,3-4,11H2,1-2H3/t5?,6-/m1/s1. The third-order valence-corrected chi connectivity index (χ3v) is 1.63. The van der Waals surface area contributed by atoms with Crippen molar-refractivity contribution in [3.63, 3.8) is 0 Å². The van der Waals surface area contributed by atoms with Gasteiger partial charge in [-0.3, -0.25) is 0 Å². The maximum atomic E-state index is 11.8. The summed E-state index contributed by atoms with van der Waals surface area (Å²) >= 11 is 0. The van der Waals surface area contributed by atoms with Gasteiger partial charge in [-0.1, -0.05) is 6.92 Å². The van der Waals surface area contributed by atoms with Crippen molar-refractivity contribution in [2.24, 2.45) is 11.7 Å².